The van der Waals surface area contributed by atoms with E-state index in [1.165, 1.54) is 7.11 Å². The number of hydrogen-bond donors (Lipinski definition) is 2. The van der Waals surface area contributed by atoms with Gasteiger partial charge in [0.1, 0.15) is 0 Å². The number of esters is 1. The van der Waals surface area contributed by atoms with Crippen LogP contribution in [0.3, 0.4) is 0 Å². The van der Waals surface area contributed by atoms with E-state index in [1.54, 1.807) is 0 Å². The lowest BCUT2D eigenvalue weighted by atomic mass is 9.94. The van der Waals surface area contributed by atoms with Gasteiger partial charge in [-0.3, -0.25) is 0 Å². The van der Waals surface area contributed by atoms with Gasteiger partial charge >= 0.3 is 5.97 Å². The number of hydrogen-bond acceptors (Lipinski definition) is 4. The quantitative estimate of drug-likeness (QED) is 0.575. The van der Waals surface area contributed by atoms with Gasteiger partial charge in [-0.25, -0.2) is 4.79 Å². The molecule has 14 heavy (non-hydrogen) atoms. The molecule has 4 atom stereocenters. The highest BCUT2D eigenvalue weighted by Gasteiger charge is 2.47. The van der Waals surface area contributed by atoms with Gasteiger partial charge in [0.2, 0.25) is 0 Å². The SMILES string of the molecule is COC(=O)C1=CC[C@H]2[C@@H](O)[C@@H](O)C[C@@H]12. The third-order valence-corrected chi connectivity index (χ3v) is 3.28. The van der Waals surface area contributed by atoms with Gasteiger partial charge in [0.15, 0.2) is 0 Å². The van der Waals surface area contributed by atoms with Crippen LogP contribution in [-0.2, 0) is 9.53 Å². The number of allylic oxidation sites excluding steroid dienone is 1. The molecule has 0 heterocycles. The molecule has 0 aliphatic heterocycles. The van der Waals surface area contributed by atoms with E-state index in [0.717, 1.165) is 0 Å². The Hall–Kier alpha value is -0.870. The number of carbonyl (C=O) groups excluding carboxylic acids is 1. The van der Waals surface area contributed by atoms with E-state index in [9.17, 15) is 15.0 Å². The maximum atomic E-state index is 11.3. The second kappa shape index (κ2) is 3.37. The minimum absolute atomic E-state index is 0.000833. The fourth-order valence-electron chi connectivity index (χ4n) is 2.53. The molecule has 2 N–H and O–H groups in total. The summed E-state index contributed by atoms with van der Waals surface area (Å²) in [6, 6.07) is 0. The summed E-state index contributed by atoms with van der Waals surface area (Å²) in [5.74, 6) is -0.356. The third kappa shape index (κ3) is 1.26. The van der Waals surface area contributed by atoms with E-state index in [0.29, 0.717) is 18.4 Å². The van der Waals surface area contributed by atoms with E-state index in [-0.39, 0.29) is 17.8 Å². The van der Waals surface area contributed by atoms with Gasteiger partial charge in [0, 0.05) is 5.57 Å². The van der Waals surface area contributed by atoms with Crippen LogP contribution in [0.5, 0.6) is 0 Å². The van der Waals surface area contributed by atoms with Crippen molar-refractivity contribution in [2.24, 2.45) is 11.8 Å². The molecule has 2 aliphatic rings. The molecule has 0 saturated heterocycles. The zero-order chi connectivity index (χ0) is 10.3. The smallest absolute Gasteiger partial charge is 0.333 e. The van der Waals surface area contributed by atoms with Crippen molar-refractivity contribution in [3.05, 3.63) is 11.6 Å². The lowest BCUT2D eigenvalue weighted by Crippen LogP contribution is -2.24. The molecule has 0 spiro atoms. The summed E-state index contributed by atoms with van der Waals surface area (Å²) >= 11 is 0. The average molecular weight is 198 g/mol. The lowest BCUT2D eigenvalue weighted by molar-refractivity contribution is -0.136. The van der Waals surface area contributed by atoms with Crippen LogP contribution in [0, 0.1) is 11.8 Å². The second-order valence-electron chi connectivity index (χ2n) is 3.95. The fraction of sp³-hybridized carbons (Fsp3) is 0.700. The molecular formula is C10H14O4. The Morgan fingerprint density at radius 1 is 1.57 bits per heavy atom. The average Bonchev–Trinajstić information content (AvgIpc) is 2.69. The molecule has 0 aromatic carbocycles. The van der Waals surface area contributed by atoms with Gasteiger partial charge in [-0.2, -0.15) is 0 Å². The zero-order valence-corrected chi connectivity index (χ0v) is 8.01. The Morgan fingerprint density at radius 2 is 2.29 bits per heavy atom. The lowest BCUT2D eigenvalue weighted by Gasteiger charge is -2.14. The summed E-state index contributed by atoms with van der Waals surface area (Å²) in [7, 11) is 1.35. The normalized spacial score (nSPS) is 40.6. The van der Waals surface area contributed by atoms with Crippen molar-refractivity contribution in [2.45, 2.75) is 25.0 Å². The molecule has 1 saturated carbocycles. The van der Waals surface area contributed by atoms with Crippen LogP contribution in [0.25, 0.3) is 0 Å². The van der Waals surface area contributed by atoms with Crippen molar-refractivity contribution in [3.63, 3.8) is 0 Å². The molecule has 0 unspecified atom stereocenters. The summed E-state index contributed by atoms with van der Waals surface area (Å²) in [6.45, 7) is 0. The highest BCUT2D eigenvalue weighted by atomic mass is 16.5. The Labute approximate surface area is 82.2 Å². The van der Waals surface area contributed by atoms with E-state index in [1.807, 2.05) is 6.08 Å². The molecule has 0 radical (unpaired) electrons. The van der Waals surface area contributed by atoms with Gasteiger partial charge in [-0.15, -0.1) is 0 Å². The highest BCUT2D eigenvalue weighted by molar-refractivity contribution is 5.89. The number of aliphatic hydroxyl groups excluding tert-OH is 2. The molecule has 4 heteroatoms. The summed E-state index contributed by atoms with van der Waals surface area (Å²) in [4.78, 5) is 11.3. The predicted octanol–water partition coefficient (Wildman–Crippen LogP) is -0.153. The fourth-order valence-corrected chi connectivity index (χ4v) is 2.53. The van der Waals surface area contributed by atoms with Gasteiger partial charge < -0.3 is 14.9 Å². The van der Waals surface area contributed by atoms with E-state index >= 15 is 0 Å². The van der Waals surface area contributed by atoms with E-state index in [2.05, 4.69) is 4.74 Å². The summed E-state index contributed by atoms with van der Waals surface area (Å²) < 4.78 is 4.64. The molecule has 0 bridgehead atoms. The molecule has 4 nitrogen and oxygen atoms in total. The minimum Gasteiger partial charge on any atom is -0.466 e. The maximum absolute atomic E-state index is 11.3. The van der Waals surface area contributed by atoms with Crippen LogP contribution in [0.15, 0.2) is 11.6 Å². The van der Waals surface area contributed by atoms with Crippen molar-refractivity contribution in [2.75, 3.05) is 7.11 Å². The van der Waals surface area contributed by atoms with Crippen molar-refractivity contribution >= 4 is 5.97 Å². The van der Waals surface area contributed by atoms with Gasteiger partial charge in [0.05, 0.1) is 19.3 Å². The molecule has 78 valence electrons. The number of ether oxygens (including phenoxy) is 1. The second-order valence-corrected chi connectivity index (χ2v) is 3.95. The summed E-state index contributed by atoms with van der Waals surface area (Å²) in [6.07, 6.45) is 1.55. The standard InChI is InChI=1S/C10H14O4/c1-14-10(13)6-3-2-5-7(6)4-8(11)9(5)12/h3,5,7-9,11-12H,2,4H2,1H3/t5-,7-,8+,9-/m1/s1. The first kappa shape index (κ1) is 9.68. The molecule has 1 fully saturated rings. The first-order valence-electron chi connectivity index (χ1n) is 4.79. The van der Waals surface area contributed by atoms with E-state index in [4.69, 9.17) is 0 Å². The first-order valence-corrected chi connectivity index (χ1v) is 4.79. The number of rotatable bonds is 1. The molecule has 2 aliphatic carbocycles. The molecule has 2 rings (SSSR count). The monoisotopic (exact) mass is 198 g/mol. The number of aliphatic hydroxyl groups is 2. The Morgan fingerprint density at radius 3 is 2.93 bits per heavy atom. The maximum Gasteiger partial charge on any atom is 0.333 e. The third-order valence-electron chi connectivity index (χ3n) is 3.28. The first-order chi connectivity index (χ1) is 6.65. The number of carbonyl (C=O) groups is 1. The van der Waals surface area contributed by atoms with Crippen LogP contribution >= 0.6 is 0 Å². The molecule has 0 aromatic heterocycles. The van der Waals surface area contributed by atoms with Crippen LogP contribution in [0.4, 0.5) is 0 Å². The Kier molecular flexibility index (Phi) is 2.33. The van der Waals surface area contributed by atoms with Crippen LogP contribution < -0.4 is 0 Å². The molecule has 0 aromatic rings. The van der Waals surface area contributed by atoms with Crippen LogP contribution in [-0.4, -0.2) is 35.5 Å². The topological polar surface area (TPSA) is 66.8 Å². The van der Waals surface area contributed by atoms with Crippen molar-refractivity contribution in [3.8, 4) is 0 Å². The summed E-state index contributed by atoms with van der Waals surface area (Å²) in [5.41, 5.74) is 0.619. The van der Waals surface area contributed by atoms with Gasteiger partial charge in [-0.1, -0.05) is 6.08 Å². The molecular weight excluding hydrogens is 184 g/mol. The predicted molar refractivity (Wildman–Crippen MR) is 48.3 cm³/mol. The van der Waals surface area contributed by atoms with Gasteiger partial charge in [0.25, 0.3) is 0 Å². The Bertz CT molecular complexity index is 284. The van der Waals surface area contributed by atoms with Crippen LogP contribution in [0.1, 0.15) is 12.8 Å². The highest BCUT2D eigenvalue weighted by Crippen LogP contribution is 2.44. The number of fused-ring (bicyclic) bond motifs is 1. The molecule has 0 amide bonds. The van der Waals surface area contributed by atoms with Crippen molar-refractivity contribution in [1.82, 2.24) is 0 Å². The van der Waals surface area contributed by atoms with Crippen molar-refractivity contribution in [1.29, 1.82) is 0 Å². The van der Waals surface area contributed by atoms with E-state index < -0.39 is 12.2 Å². The van der Waals surface area contributed by atoms with Gasteiger partial charge in [-0.05, 0) is 24.7 Å². The van der Waals surface area contributed by atoms with Crippen LogP contribution in [0.2, 0.25) is 0 Å². The summed E-state index contributed by atoms with van der Waals surface area (Å²) in [5, 5.41) is 19.1. The van der Waals surface area contributed by atoms with Crippen molar-refractivity contribution < 1.29 is 19.7 Å². The zero-order valence-electron chi connectivity index (χ0n) is 8.01. The largest absolute Gasteiger partial charge is 0.466 e. The minimum atomic E-state index is -0.696. The number of methoxy groups -OCH3 is 1. The Balaban J connectivity index is 2.15.